The van der Waals surface area contributed by atoms with E-state index < -0.39 is 0 Å². The third-order valence-corrected chi connectivity index (χ3v) is 6.50. The van der Waals surface area contributed by atoms with Crippen molar-refractivity contribution < 1.29 is 4.79 Å². The van der Waals surface area contributed by atoms with Crippen molar-refractivity contribution in [3.8, 4) is 11.4 Å². The van der Waals surface area contributed by atoms with Crippen LogP contribution in [0.4, 0.5) is 5.82 Å². The molecule has 156 valence electrons. The number of carbonyl (C=O) groups is 1. The predicted octanol–water partition coefficient (Wildman–Crippen LogP) is -6.67. The van der Waals surface area contributed by atoms with Crippen LogP contribution in [0.1, 0.15) is 15.9 Å². The van der Waals surface area contributed by atoms with Crippen molar-refractivity contribution in [1.29, 1.82) is 0 Å². The molecule has 0 radical (unpaired) electrons. The molecule has 0 aliphatic carbocycles. The molecule has 3 aromatic heterocycles. The summed E-state index contributed by atoms with van der Waals surface area (Å²) in [6.07, 6.45) is 5.28. The van der Waals surface area contributed by atoms with Crippen LogP contribution >= 0.6 is 0 Å². The van der Waals surface area contributed by atoms with Crippen molar-refractivity contribution in [2.45, 2.75) is 5.11 Å². The number of fused-ring (bicyclic) bond motifs is 1. The molecule has 3 heterocycles. The highest BCUT2D eigenvalue weighted by molar-refractivity contribution is 6.66. The number of pyridine rings is 2. The smallest absolute Gasteiger partial charge is 0.255 e. The molecule has 0 fully saturated rings. The SMILES string of the molecule is Bc1c(B)c(C(B)(B)B)c(B)c(B)c1C(=O)Nc1cc2nc(-c3cncn3C)ccc2cn1. The molecule has 0 saturated heterocycles. The Balaban J connectivity index is 1.72. The molecule has 6 nitrogen and oxygen atoms in total. The lowest BCUT2D eigenvalue weighted by atomic mass is 9.37. The van der Waals surface area contributed by atoms with Gasteiger partial charge in [-0.2, -0.15) is 0 Å². The van der Waals surface area contributed by atoms with Gasteiger partial charge in [0.25, 0.3) is 5.91 Å². The summed E-state index contributed by atoms with van der Waals surface area (Å²) in [5.41, 5.74) is 8.91. The van der Waals surface area contributed by atoms with Gasteiger partial charge in [-0.15, -0.1) is 0 Å². The second kappa shape index (κ2) is 8.36. The summed E-state index contributed by atoms with van der Waals surface area (Å²) in [6, 6.07) is 5.75. The lowest BCUT2D eigenvalue weighted by molar-refractivity contribution is 0.102. The molecule has 1 amide bonds. The average molecular weight is 426 g/mol. The summed E-state index contributed by atoms with van der Waals surface area (Å²) in [4.78, 5) is 26.8. The van der Waals surface area contributed by atoms with Crippen molar-refractivity contribution in [3.63, 3.8) is 0 Å². The molecule has 0 bridgehead atoms. The maximum atomic E-state index is 13.4. The molecular formula is C20H24B7N5O. The molecule has 4 rings (SSSR count). The highest BCUT2D eigenvalue weighted by atomic mass is 16.1. The van der Waals surface area contributed by atoms with E-state index in [-0.39, 0.29) is 11.0 Å². The fourth-order valence-corrected chi connectivity index (χ4v) is 4.79. The molecule has 0 saturated carbocycles. The van der Waals surface area contributed by atoms with E-state index in [1.54, 1.807) is 18.7 Å². The first kappa shape index (κ1) is 23.1. The van der Waals surface area contributed by atoms with Gasteiger partial charge in [0.1, 0.15) is 37.2 Å². The zero-order valence-electron chi connectivity index (χ0n) is 20.7. The molecule has 1 aromatic carbocycles. The first-order valence-electron chi connectivity index (χ1n) is 11.1. The number of aromatic nitrogens is 4. The number of hydrogen-bond donors (Lipinski definition) is 1. The Labute approximate surface area is 200 Å². The van der Waals surface area contributed by atoms with E-state index in [0.29, 0.717) is 5.82 Å². The van der Waals surface area contributed by atoms with Crippen LogP contribution in [0, 0.1) is 0 Å². The molecule has 0 unspecified atom stereocenters. The number of imidazole rings is 1. The third kappa shape index (κ3) is 4.17. The van der Waals surface area contributed by atoms with Crippen molar-refractivity contribution in [3.05, 3.63) is 48.0 Å². The molecule has 0 aliphatic rings. The number of nitrogens with zero attached hydrogens (tertiary/aromatic N) is 4. The van der Waals surface area contributed by atoms with Crippen LogP contribution in [-0.4, -0.2) is 80.4 Å². The van der Waals surface area contributed by atoms with E-state index in [0.717, 1.165) is 38.8 Å². The maximum Gasteiger partial charge on any atom is 0.255 e. The highest BCUT2D eigenvalue weighted by Gasteiger charge is 2.25. The standard InChI is InChI=1S/C20H24B7N5O/c1-32-7-28-6-11(32)9-3-2-8-5-29-12(4-10(8)30-9)31-19(33)13-15(21)17(23)14(20(25,26)27)18(24)16(13)22/h2-7H,21-27H2,1H3,(H,29,31,33). The monoisotopic (exact) mass is 427 g/mol. The van der Waals surface area contributed by atoms with E-state index in [9.17, 15) is 4.79 Å². The highest BCUT2D eigenvalue weighted by Crippen LogP contribution is 2.21. The van der Waals surface area contributed by atoms with E-state index in [2.05, 4.69) is 54.5 Å². The molecule has 0 aliphatic heterocycles. The summed E-state index contributed by atoms with van der Waals surface area (Å²) in [5.74, 6) is 0.336. The minimum Gasteiger partial charge on any atom is -0.332 e. The third-order valence-electron chi connectivity index (χ3n) is 6.50. The van der Waals surface area contributed by atoms with E-state index in [1.807, 2.05) is 45.5 Å². The Morgan fingerprint density at radius 1 is 1.00 bits per heavy atom. The van der Waals surface area contributed by atoms with Gasteiger partial charge in [-0.1, -0.05) is 32.5 Å². The summed E-state index contributed by atoms with van der Waals surface area (Å²) in [5, 5.41) is 3.92. The van der Waals surface area contributed by atoms with Crippen LogP contribution < -0.4 is 27.2 Å². The van der Waals surface area contributed by atoms with Gasteiger partial charge in [0, 0.05) is 30.3 Å². The average Bonchev–Trinajstić information content (AvgIpc) is 3.17. The number of nitrogens with one attached hydrogen (secondary N) is 1. The van der Waals surface area contributed by atoms with Gasteiger partial charge in [-0.25, -0.2) is 15.0 Å². The zero-order valence-corrected chi connectivity index (χ0v) is 20.7. The molecular weight excluding hydrogens is 402 g/mol. The number of carbonyl (C=O) groups excluding carboxylic acids is 1. The normalized spacial score (nSPS) is 11.5. The van der Waals surface area contributed by atoms with E-state index >= 15 is 0 Å². The van der Waals surface area contributed by atoms with Crippen LogP contribution in [0.5, 0.6) is 0 Å². The van der Waals surface area contributed by atoms with Crippen LogP contribution in [0.2, 0.25) is 0 Å². The zero-order chi connectivity index (χ0) is 24.1. The fraction of sp³-hybridized carbons (Fsp3) is 0.100. The Morgan fingerprint density at radius 2 is 1.67 bits per heavy atom. The quantitative estimate of drug-likeness (QED) is 0.330. The van der Waals surface area contributed by atoms with E-state index in [4.69, 9.17) is 4.98 Å². The van der Waals surface area contributed by atoms with Crippen molar-refractivity contribution in [1.82, 2.24) is 19.5 Å². The lowest BCUT2D eigenvalue weighted by Crippen LogP contribution is -2.54. The van der Waals surface area contributed by atoms with E-state index in [1.165, 1.54) is 16.5 Å². The van der Waals surface area contributed by atoms with Crippen LogP contribution in [0.25, 0.3) is 22.3 Å². The van der Waals surface area contributed by atoms with Gasteiger partial charge in [0.2, 0.25) is 0 Å². The minimum absolute atomic E-state index is 0.00976. The number of benzene rings is 1. The van der Waals surface area contributed by atoms with Crippen LogP contribution in [0.15, 0.2) is 36.9 Å². The fourth-order valence-electron chi connectivity index (χ4n) is 4.79. The van der Waals surface area contributed by atoms with Gasteiger partial charge in [0.05, 0.1) is 53.0 Å². The molecule has 0 atom stereocenters. The number of anilines is 1. The van der Waals surface area contributed by atoms with Gasteiger partial charge >= 0.3 is 0 Å². The summed E-state index contributed by atoms with van der Waals surface area (Å²) < 4.78 is 1.93. The number of aryl methyl sites for hydroxylation is 1. The van der Waals surface area contributed by atoms with Gasteiger partial charge in [-0.3, -0.25) is 4.79 Å². The number of rotatable bonds is 4. The number of amides is 1. The molecule has 0 spiro atoms. The molecule has 1 N–H and O–H groups in total. The van der Waals surface area contributed by atoms with Crippen molar-refractivity contribution in [2.24, 2.45) is 7.05 Å². The first-order valence-corrected chi connectivity index (χ1v) is 11.1. The van der Waals surface area contributed by atoms with Gasteiger partial charge < -0.3 is 9.88 Å². The first-order chi connectivity index (χ1) is 15.5. The molecule has 4 aromatic rings. The summed E-state index contributed by atoms with van der Waals surface area (Å²) >= 11 is 0. The lowest BCUT2D eigenvalue weighted by Gasteiger charge is -2.30. The van der Waals surface area contributed by atoms with Crippen LogP contribution in [0.3, 0.4) is 0 Å². The van der Waals surface area contributed by atoms with Crippen LogP contribution in [-0.2, 0) is 12.2 Å². The Kier molecular flexibility index (Phi) is 5.85. The Hall–Kier alpha value is -3.09. The van der Waals surface area contributed by atoms with Gasteiger partial charge in [-0.05, 0) is 12.1 Å². The Bertz CT molecular complexity index is 1390. The second-order valence-electron chi connectivity index (χ2n) is 9.80. The minimum atomic E-state index is -0.147. The Morgan fingerprint density at radius 3 is 2.24 bits per heavy atom. The largest absolute Gasteiger partial charge is 0.332 e. The number of hydrogen-bond acceptors (Lipinski definition) is 4. The second-order valence-corrected chi connectivity index (χ2v) is 9.80. The van der Waals surface area contributed by atoms with Crippen molar-refractivity contribution in [2.75, 3.05) is 5.32 Å². The summed E-state index contributed by atoms with van der Waals surface area (Å²) in [6.45, 7) is 0. The topological polar surface area (TPSA) is 72.7 Å². The molecule has 13 heteroatoms. The molecule has 33 heavy (non-hydrogen) atoms. The van der Waals surface area contributed by atoms with Crippen molar-refractivity contribution >= 4 is 99.4 Å². The van der Waals surface area contributed by atoms with Gasteiger partial charge in [0.15, 0.2) is 0 Å². The summed E-state index contributed by atoms with van der Waals surface area (Å²) in [7, 11) is 16.9. The maximum absolute atomic E-state index is 13.4. The predicted molar refractivity (Wildman–Crippen MR) is 156 cm³/mol.